The normalized spacial score (nSPS) is 15.2. The second kappa shape index (κ2) is 9.49. The molecule has 0 bridgehead atoms. The van der Waals surface area contributed by atoms with Crippen LogP contribution in [0.15, 0.2) is 88.4 Å². The monoisotopic (exact) mass is 491 g/mol. The van der Waals surface area contributed by atoms with Gasteiger partial charge >= 0.3 is 0 Å². The van der Waals surface area contributed by atoms with E-state index in [0.29, 0.717) is 49.0 Å². The van der Waals surface area contributed by atoms with E-state index in [-0.39, 0.29) is 10.8 Å². The third kappa shape index (κ3) is 4.76. The number of benzene rings is 2. The van der Waals surface area contributed by atoms with Crippen LogP contribution >= 0.6 is 0 Å². The van der Waals surface area contributed by atoms with E-state index in [1.165, 1.54) is 16.4 Å². The average Bonchev–Trinajstić information content (AvgIpc) is 3.56. The van der Waals surface area contributed by atoms with E-state index >= 15 is 0 Å². The van der Waals surface area contributed by atoms with Crippen molar-refractivity contribution in [3.8, 4) is 17.1 Å². The van der Waals surface area contributed by atoms with Gasteiger partial charge in [-0.2, -0.15) is 9.40 Å². The van der Waals surface area contributed by atoms with E-state index in [1.807, 2.05) is 37.4 Å². The molecule has 180 valence electrons. The minimum absolute atomic E-state index is 0.203. The first kappa shape index (κ1) is 23.0. The molecule has 1 N–H and O–H groups in total. The zero-order chi connectivity index (χ0) is 24.4. The molecule has 1 aliphatic rings. The summed E-state index contributed by atoms with van der Waals surface area (Å²) in [6, 6.07) is 20.8. The molecule has 0 aliphatic carbocycles. The Bertz CT molecular complexity index is 1410. The lowest BCUT2D eigenvalue weighted by molar-refractivity contribution is 0.101. The number of aromatic nitrogens is 2. The quantitative estimate of drug-likeness (QED) is 0.444. The number of nitrogens with zero attached hydrogens (tertiary/aromatic N) is 4. The number of nitrogens with one attached hydrogen (secondary N) is 1. The Morgan fingerprint density at radius 3 is 2.31 bits per heavy atom. The van der Waals surface area contributed by atoms with Crippen LogP contribution in [0.1, 0.15) is 10.5 Å². The third-order valence-electron chi connectivity index (χ3n) is 5.93. The van der Waals surface area contributed by atoms with Gasteiger partial charge in [-0.15, -0.1) is 0 Å². The van der Waals surface area contributed by atoms with Gasteiger partial charge in [-0.05, 0) is 55.6 Å². The van der Waals surface area contributed by atoms with Gasteiger partial charge in [-0.3, -0.25) is 4.79 Å². The Hall–Kier alpha value is -3.73. The molecule has 1 amide bonds. The highest BCUT2D eigenvalue weighted by Crippen LogP contribution is 2.24. The Morgan fingerprint density at radius 2 is 1.66 bits per heavy atom. The SMILES string of the molecule is CN1CCN(S(=O)(=O)c2ccc(NC(=O)c3cc(-c4ccco4)nn3-c3ccccc3)cc2)CC1. The summed E-state index contributed by atoms with van der Waals surface area (Å²) in [5.41, 5.74) is 2.05. The molecule has 9 nitrogen and oxygen atoms in total. The highest BCUT2D eigenvalue weighted by Gasteiger charge is 2.27. The predicted molar refractivity (Wildman–Crippen MR) is 132 cm³/mol. The summed E-state index contributed by atoms with van der Waals surface area (Å²) >= 11 is 0. The zero-order valence-corrected chi connectivity index (χ0v) is 20.0. The number of piperazine rings is 1. The first-order valence-corrected chi connectivity index (χ1v) is 12.7. The van der Waals surface area contributed by atoms with Gasteiger partial charge in [0.1, 0.15) is 11.4 Å². The Morgan fingerprint density at radius 1 is 0.943 bits per heavy atom. The van der Waals surface area contributed by atoms with Gasteiger partial charge in [-0.1, -0.05) is 18.2 Å². The van der Waals surface area contributed by atoms with E-state index in [2.05, 4.69) is 15.3 Å². The molecule has 1 fully saturated rings. The largest absolute Gasteiger partial charge is 0.463 e. The summed E-state index contributed by atoms with van der Waals surface area (Å²) in [4.78, 5) is 15.5. The maximum Gasteiger partial charge on any atom is 0.274 e. The molecular weight excluding hydrogens is 466 g/mol. The highest BCUT2D eigenvalue weighted by molar-refractivity contribution is 7.89. The number of anilines is 1. The Balaban J connectivity index is 1.38. The van der Waals surface area contributed by atoms with Crippen LogP contribution in [0.5, 0.6) is 0 Å². The second-order valence-corrected chi connectivity index (χ2v) is 10.3. The average molecular weight is 492 g/mol. The summed E-state index contributed by atoms with van der Waals surface area (Å²) in [6.45, 7) is 2.31. The van der Waals surface area contributed by atoms with Gasteiger partial charge in [0.15, 0.2) is 5.76 Å². The fourth-order valence-corrected chi connectivity index (χ4v) is 5.36. The van der Waals surface area contributed by atoms with Crippen LogP contribution in [0.25, 0.3) is 17.1 Å². The summed E-state index contributed by atoms with van der Waals surface area (Å²) in [5.74, 6) is 0.168. The maximum atomic E-state index is 13.2. The van der Waals surface area contributed by atoms with E-state index < -0.39 is 10.0 Å². The molecule has 5 rings (SSSR count). The molecule has 4 aromatic rings. The Kier molecular flexibility index (Phi) is 6.25. The molecule has 35 heavy (non-hydrogen) atoms. The van der Waals surface area contributed by atoms with Gasteiger partial charge in [0, 0.05) is 37.9 Å². The van der Waals surface area contributed by atoms with Gasteiger partial charge in [0.25, 0.3) is 5.91 Å². The number of amides is 1. The minimum atomic E-state index is -3.58. The summed E-state index contributed by atoms with van der Waals surface area (Å²) < 4.78 is 34.4. The van der Waals surface area contributed by atoms with Crippen molar-refractivity contribution in [2.45, 2.75) is 4.90 Å². The zero-order valence-electron chi connectivity index (χ0n) is 19.2. The molecule has 1 aliphatic heterocycles. The molecule has 0 atom stereocenters. The first-order chi connectivity index (χ1) is 16.9. The van der Waals surface area contributed by atoms with Crippen molar-refractivity contribution < 1.29 is 17.6 Å². The lowest BCUT2D eigenvalue weighted by atomic mass is 10.2. The highest BCUT2D eigenvalue weighted by atomic mass is 32.2. The number of para-hydroxylation sites is 1. The van der Waals surface area contributed by atoms with Gasteiger partial charge in [0.05, 0.1) is 16.8 Å². The van der Waals surface area contributed by atoms with Crippen LogP contribution in [0.3, 0.4) is 0 Å². The molecule has 2 aromatic carbocycles. The lowest BCUT2D eigenvalue weighted by Crippen LogP contribution is -2.46. The number of hydrogen-bond donors (Lipinski definition) is 1. The van der Waals surface area contributed by atoms with Crippen LogP contribution in [0.2, 0.25) is 0 Å². The fourth-order valence-electron chi connectivity index (χ4n) is 3.94. The van der Waals surface area contributed by atoms with E-state index in [0.717, 1.165) is 5.69 Å². The molecular formula is C25H25N5O4S. The molecule has 3 heterocycles. The van der Waals surface area contributed by atoms with Crippen LogP contribution in [0.4, 0.5) is 5.69 Å². The van der Waals surface area contributed by atoms with Crippen LogP contribution < -0.4 is 5.32 Å². The fraction of sp³-hybridized carbons (Fsp3) is 0.200. The number of furan rings is 1. The van der Waals surface area contributed by atoms with Crippen LogP contribution in [-0.2, 0) is 10.0 Å². The van der Waals surface area contributed by atoms with Crippen LogP contribution in [-0.4, -0.2) is 66.5 Å². The summed E-state index contributed by atoms with van der Waals surface area (Å²) in [5, 5.41) is 7.41. The predicted octanol–water partition coefficient (Wildman–Crippen LogP) is 3.32. The topological polar surface area (TPSA) is 101 Å². The number of carbonyl (C=O) groups excluding carboxylic acids is 1. The molecule has 2 aromatic heterocycles. The van der Waals surface area contributed by atoms with Gasteiger partial charge < -0.3 is 14.6 Å². The maximum absolute atomic E-state index is 13.2. The molecule has 0 spiro atoms. The van der Waals surface area contributed by atoms with Crippen molar-refractivity contribution in [1.29, 1.82) is 0 Å². The number of likely N-dealkylation sites (N-methyl/N-ethyl adjacent to an activating group) is 1. The number of sulfonamides is 1. The van der Waals surface area contributed by atoms with Crippen molar-refractivity contribution in [2.75, 3.05) is 38.5 Å². The summed E-state index contributed by atoms with van der Waals surface area (Å²) in [7, 11) is -1.60. The van der Waals surface area contributed by atoms with Gasteiger partial charge in [-0.25, -0.2) is 13.1 Å². The van der Waals surface area contributed by atoms with Gasteiger partial charge in [0.2, 0.25) is 10.0 Å². The van der Waals surface area contributed by atoms with Crippen molar-refractivity contribution >= 4 is 21.6 Å². The molecule has 1 saturated heterocycles. The number of carbonyl (C=O) groups is 1. The molecule has 0 radical (unpaired) electrons. The first-order valence-electron chi connectivity index (χ1n) is 11.2. The van der Waals surface area contributed by atoms with E-state index in [9.17, 15) is 13.2 Å². The lowest BCUT2D eigenvalue weighted by Gasteiger charge is -2.31. The molecule has 10 heteroatoms. The number of rotatable bonds is 6. The van der Waals surface area contributed by atoms with E-state index in [4.69, 9.17) is 4.42 Å². The second-order valence-electron chi connectivity index (χ2n) is 8.33. The van der Waals surface area contributed by atoms with Crippen molar-refractivity contribution in [2.24, 2.45) is 0 Å². The molecule has 0 unspecified atom stereocenters. The standard InChI is InChI=1S/C25H25N5O4S/c1-28-13-15-29(16-14-28)35(32,33)21-11-9-19(10-12-21)26-25(31)23-18-22(24-8-5-17-34-24)27-30(23)20-6-3-2-4-7-20/h2-12,17-18H,13-16H2,1H3,(H,26,31). The van der Waals surface area contributed by atoms with Crippen LogP contribution in [0, 0.1) is 0 Å². The number of hydrogen-bond acceptors (Lipinski definition) is 6. The van der Waals surface area contributed by atoms with E-state index in [1.54, 1.807) is 41.3 Å². The smallest absolute Gasteiger partial charge is 0.274 e. The van der Waals surface area contributed by atoms with Crippen molar-refractivity contribution in [1.82, 2.24) is 19.0 Å². The van der Waals surface area contributed by atoms with Crippen molar-refractivity contribution in [3.63, 3.8) is 0 Å². The summed E-state index contributed by atoms with van der Waals surface area (Å²) in [6.07, 6.45) is 1.55. The Labute approximate surface area is 203 Å². The van der Waals surface area contributed by atoms with Crippen molar-refractivity contribution in [3.05, 3.63) is 84.8 Å². The minimum Gasteiger partial charge on any atom is -0.463 e. The molecule has 0 saturated carbocycles. The third-order valence-corrected chi connectivity index (χ3v) is 7.84.